The molecule has 6 nitrogen and oxygen atoms in total. The van der Waals surface area contributed by atoms with Crippen molar-refractivity contribution in [2.24, 2.45) is 5.92 Å². The lowest BCUT2D eigenvalue weighted by Crippen LogP contribution is -2.27. The molecule has 2 aromatic rings. The van der Waals surface area contributed by atoms with Gasteiger partial charge in [0.1, 0.15) is 6.61 Å². The lowest BCUT2D eigenvalue weighted by molar-refractivity contribution is -0.138. The second-order valence-corrected chi connectivity index (χ2v) is 8.18. The lowest BCUT2D eigenvalue weighted by atomic mass is 9.97. The second kappa shape index (κ2) is 14.2. The molecular formula is C26H38N2O4. The van der Waals surface area contributed by atoms with Gasteiger partial charge in [-0.05, 0) is 67.7 Å². The number of nitrogen functional groups attached to an aromatic ring is 1. The number of esters is 1. The van der Waals surface area contributed by atoms with Crippen LogP contribution in [-0.2, 0) is 16.0 Å². The van der Waals surface area contributed by atoms with E-state index in [2.05, 4.69) is 32.6 Å². The summed E-state index contributed by atoms with van der Waals surface area (Å²) < 4.78 is 5.18. The Morgan fingerprint density at radius 2 is 1.53 bits per heavy atom. The van der Waals surface area contributed by atoms with Crippen LogP contribution in [-0.4, -0.2) is 48.2 Å². The van der Waals surface area contributed by atoms with Gasteiger partial charge in [0, 0.05) is 12.2 Å². The summed E-state index contributed by atoms with van der Waals surface area (Å²) in [6.07, 6.45) is 1.04. The quantitative estimate of drug-likeness (QED) is 0.404. The van der Waals surface area contributed by atoms with E-state index in [0.717, 1.165) is 31.6 Å². The Morgan fingerprint density at radius 1 is 0.969 bits per heavy atom. The van der Waals surface area contributed by atoms with Crippen LogP contribution in [0, 0.1) is 5.92 Å². The molecule has 1 atom stereocenters. The average Bonchev–Trinajstić information content (AvgIpc) is 2.77. The molecule has 0 radical (unpaired) electrons. The van der Waals surface area contributed by atoms with Crippen LogP contribution in [0.4, 0.5) is 5.69 Å². The fraction of sp³-hybridized carbons (Fsp3) is 0.462. The van der Waals surface area contributed by atoms with Crippen LogP contribution >= 0.6 is 0 Å². The van der Waals surface area contributed by atoms with E-state index >= 15 is 0 Å². The highest BCUT2D eigenvalue weighted by Gasteiger charge is 2.13. The maximum Gasteiger partial charge on any atom is 0.338 e. The molecule has 0 amide bonds. The maximum atomic E-state index is 11.6. The summed E-state index contributed by atoms with van der Waals surface area (Å²) in [5.41, 5.74) is 8.87. The summed E-state index contributed by atoms with van der Waals surface area (Å²) >= 11 is 0. The van der Waals surface area contributed by atoms with E-state index < -0.39 is 11.9 Å². The molecule has 0 aliphatic heterocycles. The van der Waals surface area contributed by atoms with Crippen LogP contribution in [0.2, 0.25) is 0 Å². The summed E-state index contributed by atoms with van der Waals surface area (Å²) in [6.45, 7) is 13.4. The minimum atomic E-state index is -0.772. The Labute approximate surface area is 192 Å². The number of aliphatic carboxylic acids is 1. The molecule has 1 unspecified atom stereocenters. The normalized spacial score (nSPS) is 11.6. The van der Waals surface area contributed by atoms with Gasteiger partial charge in [-0.2, -0.15) is 0 Å². The van der Waals surface area contributed by atoms with Gasteiger partial charge < -0.3 is 20.5 Å². The molecule has 0 aliphatic carbocycles. The average molecular weight is 443 g/mol. The van der Waals surface area contributed by atoms with Crippen LogP contribution in [0.3, 0.4) is 0 Å². The lowest BCUT2D eigenvalue weighted by Gasteiger charge is -2.17. The number of nitrogens with two attached hydrogens (primary N) is 1. The van der Waals surface area contributed by atoms with Gasteiger partial charge in [-0.3, -0.25) is 4.79 Å². The van der Waals surface area contributed by atoms with Crippen molar-refractivity contribution in [3.63, 3.8) is 0 Å². The molecule has 3 N–H and O–H groups in total. The van der Waals surface area contributed by atoms with E-state index in [4.69, 9.17) is 15.6 Å². The van der Waals surface area contributed by atoms with Crippen molar-refractivity contribution < 1.29 is 19.4 Å². The zero-order valence-electron chi connectivity index (χ0n) is 20.0. The van der Waals surface area contributed by atoms with Crippen molar-refractivity contribution in [2.75, 3.05) is 32.0 Å². The number of anilines is 1. The fourth-order valence-electron chi connectivity index (χ4n) is 3.07. The Bertz CT molecular complexity index is 813. The van der Waals surface area contributed by atoms with E-state index in [1.807, 2.05) is 24.3 Å². The van der Waals surface area contributed by atoms with E-state index in [1.165, 1.54) is 5.56 Å². The molecule has 0 spiro atoms. The number of benzene rings is 2. The number of rotatable bonds is 10. The number of carboxylic acid groups (broad SMARTS) is 1. The number of carboxylic acids is 1. The van der Waals surface area contributed by atoms with E-state index in [0.29, 0.717) is 23.8 Å². The van der Waals surface area contributed by atoms with Crippen molar-refractivity contribution >= 4 is 17.6 Å². The number of carbonyl (C=O) groups is 2. The largest absolute Gasteiger partial charge is 0.481 e. The summed E-state index contributed by atoms with van der Waals surface area (Å²) in [6, 6.07) is 14.6. The van der Waals surface area contributed by atoms with Crippen molar-refractivity contribution in [3.8, 4) is 0 Å². The number of hydrogen-bond acceptors (Lipinski definition) is 5. The number of ether oxygens (including phenoxy) is 1. The van der Waals surface area contributed by atoms with Gasteiger partial charge in [0.15, 0.2) is 0 Å². The smallest absolute Gasteiger partial charge is 0.338 e. The minimum absolute atomic E-state index is 0.294. The Hall–Kier alpha value is -2.86. The topological polar surface area (TPSA) is 92.9 Å². The van der Waals surface area contributed by atoms with Gasteiger partial charge in [-0.25, -0.2) is 4.79 Å². The zero-order chi connectivity index (χ0) is 24.1. The van der Waals surface area contributed by atoms with E-state index in [-0.39, 0.29) is 5.97 Å². The van der Waals surface area contributed by atoms with Crippen LogP contribution < -0.4 is 5.73 Å². The fourth-order valence-corrected chi connectivity index (χ4v) is 3.07. The predicted molar refractivity (Wildman–Crippen MR) is 130 cm³/mol. The number of likely N-dealkylation sites (N-methyl/N-ethyl adjacent to an activating group) is 1. The third-order valence-corrected chi connectivity index (χ3v) is 5.18. The van der Waals surface area contributed by atoms with Crippen molar-refractivity contribution in [1.29, 1.82) is 0 Å². The van der Waals surface area contributed by atoms with Crippen molar-refractivity contribution in [3.05, 3.63) is 65.2 Å². The number of nitrogens with zero attached hydrogens (tertiary/aromatic N) is 1. The molecule has 0 aromatic heterocycles. The standard InChI is InChI=1S/C13H20N2O2.C13H18O2/c1-3-15(4-2)9-10-17-13(16)11-5-7-12(14)8-6-11;1-9(2)8-11-4-6-12(7-5-11)10(3)13(14)15/h5-8H,3-4,9-10,14H2,1-2H3;4-7,9-10H,8H2,1-3H3,(H,14,15). The summed E-state index contributed by atoms with van der Waals surface area (Å²) in [5.74, 6) is -0.852. The van der Waals surface area contributed by atoms with E-state index in [9.17, 15) is 9.59 Å². The van der Waals surface area contributed by atoms with Crippen molar-refractivity contribution in [1.82, 2.24) is 4.90 Å². The molecule has 2 rings (SSSR count). The van der Waals surface area contributed by atoms with Gasteiger partial charge in [0.2, 0.25) is 0 Å². The molecule has 6 heteroatoms. The molecule has 0 heterocycles. The summed E-state index contributed by atoms with van der Waals surface area (Å²) in [7, 11) is 0. The highest BCUT2D eigenvalue weighted by atomic mass is 16.5. The molecule has 2 aromatic carbocycles. The maximum absolute atomic E-state index is 11.6. The molecule has 0 saturated heterocycles. The van der Waals surface area contributed by atoms with Gasteiger partial charge in [0.05, 0.1) is 11.5 Å². The van der Waals surface area contributed by atoms with Gasteiger partial charge >= 0.3 is 11.9 Å². The van der Waals surface area contributed by atoms with Gasteiger partial charge in [0.25, 0.3) is 0 Å². The van der Waals surface area contributed by atoms with Crippen molar-refractivity contribution in [2.45, 2.75) is 47.0 Å². The first-order valence-corrected chi connectivity index (χ1v) is 11.2. The Balaban J connectivity index is 0.000000323. The van der Waals surface area contributed by atoms with Crippen LogP contribution in [0.25, 0.3) is 0 Å². The third-order valence-electron chi connectivity index (χ3n) is 5.18. The molecule has 0 bridgehead atoms. The highest BCUT2D eigenvalue weighted by Crippen LogP contribution is 2.17. The number of hydrogen-bond donors (Lipinski definition) is 2. The van der Waals surface area contributed by atoms with Gasteiger partial charge in [-0.15, -0.1) is 0 Å². The molecule has 32 heavy (non-hydrogen) atoms. The molecule has 176 valence electrons. The first kappa shape index (κ1) is 27.2. The Morgan fingerprint density at radius 3 is 2.00 bits per heavy atom. The Kier molecular flexibility index (Phi) is 12.1. The minimum Gasteiger partial charge on any atom is -0.481 e. The first-order valence-electron chi connectivity index (χ1n) is 11.2. The highest BCUT2D eigenvalue weighted by molar-refractivity contribution is 5.89. The third kappa shape index (κ3) is 9.96. The van der Waals surface area contributed by atoms with Crippen LogP contribution in [0.5, 0.6) is 0 Å². The first-order chi connectivity index (χ1) is 15.2. The van der Waals surface area contributed by atoms with Crippen LogP contribution in [0.1, 0.15) is 62.0 Å². The van der Waals surface area contributed by atoms with Gasteiger partial charge in [-0.1, -0.05) is 52.0 Å². The molecular weight excluding hydrogens is 404 g/mol. The summed E-state index contributed by atoms with van der Waals surface area (Å²) in [4.78, 5) is 24.6. The second-order valence-electron chi connectivity index (χ2n) is 8.18. The summed E-state index contributed by atoms with van der Waals surface area (Å²) in [5, 5.41) is 8.85. The molecule has 0 aliphatic rings. The predicted octanol–water partition coefficient (Wildman–Crippen LogP) is 4.84. The number of carbonyl (C=O) groups excluding carboxylic acids is 1. The zero-order valence-corrected chi connectivity index (χ0v) is 20.0. The van der Waals surface area contributed by atoms with Crippen LogP contribution in [0.15, 0.2) is 48.5 Å². The molecule has 0 fully saturated rings. The van der Waals surface area contributed by atoms with E-state index in [1.54, 1.807) is 31.2 Å². The SMILES string of the molecule is CC(C)Cc1ccc(C(C)C(=O)O)cc1.CCN(CC)CCOC(=O)c1ccc(N)cc1. The molecule has 0 saturated carbocycles. The monoisotopic (exact) mass is 442 g/mol.